The predicted octanol–water partition coefficient (Wildman–Crippen LogP) is 2.06. The summed E-state index contributed by atoms with van der Waals surface area (Å²) in [4.78, 5) is 29.0. The fraction of sp³-hybridized carbons (Fsp3) is 0.583. The highest BCUT2D eigenvalue weighted by Crippen LogP contribution is 2.22. The molecule has 1 amide bonds. The zero-order chi connectivity index (χ0) is 13.9. The summed E-state index contributed by atoms with van der Waals surface area (Å²) in [7, 11) is 1.61. The lowest BCUT2D eigenvalue weighted by molar-refractivity contribution is -0.141. The molecule has 1 heterocycles. The van der Waals surface area contributed by atoms with Crippen LogP contribution in [0.5, 0.6) is 0 Å². The van der Waals surface area contributed by atoms with Crippen LogP contribution in [-0.2, 0) is 4.79 Å². The normalized spacial score (nSPS) is 12.5. The molecule has 1 N–H and O–H groups in total. The number of carboxylic acids is 1. The zero-order valence-electron chi connectivity index (χ0n) is 11.0. The van der Waals surface area contributed by atoms with E-state index in [1.54, 1.807) is 20.2 Å². The summed E-state index contributed by atoms with van der Waals surface area (Å²) in [5.74, 6) is -1.36. The van der Waals surface area contributed by atoms with Gasteiger partial charge in [0.1, 0.15) is 4.88 Å². The maximum atomic E-state index is 12.0. The Hall–Kier alpha value is -1.43. The van der Waals surface area contributed by atoms with Gasteiger partial charge in [0, 0.05) is 19.5 Å². The van der Waals surface area contributed by atoms with Crippen molar-refractivity contribution in [1.29, 1.82) is 0 Å². The van der Waals surface area contributed by atoms with Crippen molar-refractivity contribution in [2.24, 2.45) is 5.92 Å². The first kappa shape index (κ1) is 14.6. The third-order valence-electron chi connectivity index (χ3n) is 2.54. The highest BCUT2D eigenvalue weighted by molar-refractivity contribution is 7.13. The van der Waals surface area contributed by atoms with Gasteiger partial charge >= 0.3 is 5.97 Å². The van der Waals surface area contributed by atoms with Gasteiger partial charge in [0.05, 0.1) is 17.1 Å². The number of thiazole rings is 1. The van der Waals surface area contributed by atoms with E-state index in [9.17, 15) is 9.59 Å². The van der Waals surface area contributed by atoms with Gasteiger partial charge in [-0.05, 0) is 0 Å². The predicted molar refractivity (Wildman–Crippen MR) is 70.0 cm³/mol. The first-order chi connectivity index (χ1) is 8.32. The van der Waals surface area contributed by atoms with Gasteiger partial charge in [0.15, 0.2) is 0 Å². The van der Waals surface area contributed by atoms with Crippen molar-refractivity contribution in [3.8, 4) is 0 Å². The topological polar surface area (TPSA) is 70.5 Å². The summed E-state index contributed by atoms with van der Waals surface area (Å²) in [5, 5.41) is 9.73. The van der Waals surface area contributed by atoms with Crippen LogP contribution in [0.1, 0.15) is 41.4 Å². The quantitative estimate of drug-likeness (QED) is 0.889. The number of hydrogen-bond acceptors (Lipinski definition) is 4. The van der Waals surface area contributed by atoms with Crippen molar-refractivity contribution < 1.29 is 14.7 Å². The average molecular weight is 270 g/mol. The molecule has 0 aliphatic rings. The second-order valence-corrected chi connectivity index (χ2v) is 5.70. The molecular weight excluding hydrogens is 252 g/mol. The molecule has 6 heteroatoms. The molecule has 1 atom stereocenters. The van der Waals surface area contributed by atoms with Gasteiger partial charge in [0.25, 0.3) is 5.91 Å². The number of aliphatic carboxylic acids is 1. The van der Waals surface area contributed by atoms with Crippen LogP contribution in [0.3, 0.4) is 0 Å². The first-order valence-corrected chi connectivity index (χ1v) is 6.58. The molecule has 0 radical (unpaired) electrons. The van der Waals surface area contributed by atoms with E-state index >= 15 is 0 Å². The highest BCUT2D eigenvalue weighted by atomic mass is 32.1. The van der Waals surface area contributed by atoms with Crippen molar-refractivity contribution in [2.75, 3.05) is 13.6 Å². The SMILES string of the molecule is CC(CN(C)C(=O)c1cnc(C(C)C)s1)C(=O)O. The summed E-state index contributed by atoms with van der Waals surface area (Å²) in [6, 6.07) is 0. The Morgan fingerprint density at radius 1 is 1.44 bits per heavy atom. The van der Waals surface area contributed by atoms with Gasteiger partial charge in [-0.1, -0.05) is 20.8 Å². The Morgan fingerprint density at radius 3 is 2.50 bits per heavy atom. The van der Waals surface area contributed by atoms with Crippen LogP contribution in [-0.4, -0.2) is 40.5 Å². The molecule has 0 bridgehead atoms. The van der Waals surface area contributed by atoms with Crippen LogP contribution >= 0.6 is 11.3 Å². The molecule has 0 aromatic carbocycles. The Morgan fingerprint density at radius 2 is 2.06 bits per heavy atom. The summed E-state index contributed by atoms with van der Waals surface area (Å²) < 4.78 is 0. The van der Waals surface area contributed by atoms with E-state index in [1.807, 2.05) is 13.8 Å². The smallest absolute Gasteiger partial charge is 0.308 e. The lowest BCUT2D eigenvalue weighted by Gasteiger charge is -2.18. The maximum Gasteiger partial charge on any atom is 0.308 e. The maximum absolute atomic E-state index is 12.0. The minimum Gasteiger partial charge on any atom is -0.481 e. The Kier molecular flexibility index (Phi) is 4.84. The fourth-order valence-corrected chi connectivity index (χ4v) is 2.33. The molecule has 0 spiro atoms. The molecule has 1 rings (SSSR count). The number of aromatic nitrogens is 1. The summed E-state index contributed by atoms with van der Waals surface area (Å²) in [6.45, 7) is 5.81. The van der Waals surface area contributed by atoms with Crippen molar-refractivity contribution in [1.82, 2.24) is 9.88 Å². The van der Waals surface area contributed by atoms with Crippen LogP contribution in [0, 0.1) is 5.92 Å². The molecule has 1 aromatic heterocycles. The number of carbonyl (C=O) groups is 2. The molecule has 18 heavy (non-hydrogen) atoms. The Labute approximate surface area is 110 Å². The minimum atomic E-state index is -0.901. The van der Waals surface area contributed by atoms with Gasteiger partial charge in [-0.15, -0.1) is 11.3 Å². The van der Waals surface area contributed by atoms with Gasteiger partial charge in [-0.25, -0.2) is 4.98 Å². The standard InChI is InChI=1S/C12H18N2O3S/c1-7(2)10-13-5-9(18-10)11(15)14(4)6-8(3)12(16)17/h5,7-8H,6H2,1-4H3,(H,16,17). The van der Waals surface area contributed by atoms with Crippen LogP contribution in [0.2, 0.25) is 0 Å². The van der Waals surface area contributed by atoms with Crippen LogP contribution < -0.4 is 0 Å². The lowest BCUT2D eigenvalue weighted by atomic mass is 10.2. The van der Waals surface area contributed by atoms with Crippen molar-refractivity contribution in [3.05, 3.63) is 16.1 Å². The van der Waals surface area contributed by atoms with Crippen LogP contribution in [0.15, 0.2) is 6.20 Å². The number of amides is 1. The fourth-order valence-electron chi connectivity index (χ4n) is 1.41. The molecular formula is C12H18N2O3S. The largest absolute Gasteiger partial charge is 0.481 e. The molecule has 1 unspecified atom stereocenters. The second-order valence-electron chi connectivity index (χ2n) is 4.64. The molecule has 0 saturated heterocycles. The van der Waals surface area contributed by atoms with E-state index in [0.717, 1.165) is 5.01 Å². The molecule has 0 aliphatic carbocycles. The van der Waals surface area contributed by atoms with E-state index in [0.29, 0.717) is 10.8 Å². The van der Waals surface area contributed by atoms with E-state index in [-0.39, 0.29) is 12.5 Å². The third kappa shape index (κ3) is 3.53. The number of carboxylic acid groups (broad SMARTS) is 1. The number of nitrogens with zero attached hydrogens (tertiary/aromatic N) is 2. The molecule has 1 aromatic rings. The van der Waals surface area contributed by atoms with E-state index < -0.39 is 11.9 Å². The minimum absolute atomic E-state index is 0.174. The van der Waals surface area contributed by atoms with Crippen LogP contribution in [0.25, 0.3) is 0 Å². The second kappa shape index (κ2) is 5.95. The number of hydrogen-bond donors (Lipinski definition) is 1. The molecule has 0 fully saturated rings. The molecule has 100 valence electrons. The average Bonchev–Trinajstić information content (AvgIpc) is 2.76. The van der Waals surface area contributed by atoms with Gasteiger partial charge < -0.3 is 10.0 Å². The molecule has 0 saturated carbocycles. The zero-order valence-corrected chi connectivity index (χ0v) is 11.8. The van der Waals surface area contributed by atoms with Gasteiger partial charge in [-0.2, -0.15) is 0 Å². The molecule has 0 aliphatic heterocycles. The van der Waals surface area contributed by atoms with E-state index in [1.165, 1.54) is 16.2 Å². The first-order valence-electron chi connectivity index (χ1n) is 5.77. The van der Waals surface area contributed by atoms with Gasteiger partial charge in [-0.3, -0.25) is 9.59 Å². The third-order valence-corrected chi connectivity index (χ3v) is 3.83. The summed E-state index contributed by atoms with van der Waals surface area (Å²) in [6.07, 6.45) is 1.56. The Bertz CT molecular complexity index is 442. The summed E-state index contributed by atoms with van der Waals surface area (Å²) >= 11 is 1.36. The van der Waals surface area contributed by atoms with E-state index in [2.05, 4.69) is 4.98 Å². The highest BCUT2D eigenvalue weighted by Gasteiger charge is 2.20. The van der Waals surface area contributed by atoms with E-state index in [4.69, 9.17) is 5.11 Å². The monoisotopic (exact) mass is 270 g/mol. The van der Waals surface area contributed by atoms with Gasteiger partial charge in [0.2, 0.25) is 0 Å². The number of rotatable bonds is 5. The number of carbonyl (C=O) groups excluding carboxylic acids is 1. The summed E-state index contributed by atoms with van der Waals surface area (Å²) in [5.41, 5.74) is 0. The van der Waals surface area contributed by atoms with Crippen molar-refractivity contribution in [2.45, 2.75) is 26.7 Å². The van der Waals surface area contributed by atoms with Crippen molar-refractivity contribution in [3.63, 3.8) is 0 Å². The van der Waals surface area contributed by atoms with Crippen molar-refractivity contribution >= 4 is 23.2 Å². The lowest BCUT2D eigenvalue weighted by Crippen LogP contribution is -2.33. The van der Waals surface area contributed by atoms with Crippen LogP contribution in [0.4, 0.5) is 0 Å². The molecule has 5 nitrogen and oxygen atoms in total. The Balaban J connectivity index is 2.71.